The van der Waals surface area contributed by atoms with Crippen LogP contribution in [0.25, 0.3) is 10.9 Å². The van der Waals surface area contributed by atoms with Gasteiger partial charge in [0.15, 0.2) is 0 Å². The fourth-order valence-electron chi connectivity index (χ4n) is 3.47. The number of hydrogen-bond acceptors (Lipinski definition) is 4. The lowest BCUT2D eigenvalue weighted by Crippen LogP contribution is -2.49. The zero-order valence-corrected chi connectivity index (χ0v) is 16.3. The molecule has 0 aliphatic carbocycles. The van der Waals surface area contributed by atoms with E-state index in [1.54, 1.807) is 4.90 Å². The number of fused-ring (bicyclic) bond motifs is 1. The average Bonchev–Trinajstić information content (AvgIpc) is 2.58. The van der Waals surface area contributed by atoms with Gasteiger partial charge in [0, 0.05) is 24.5 Å². The summed E-state index contributed by atoms with van der Waals surface area (Å²) in [5.74, 6) is -0.0718. The van der Waals surface area contributed by atoms with Crippen molar-refractivity contribution in [1.82, 2.24) is 14.6 Å². The monoisotopic (exact) mass is 375 g/mol. The molecule has 1 aromatic carbocycles. The summed E-state index contributed by atoms with van der Waals surface area (Å²) in [5, 5.41) is 0.937. The summed E-state index contributed by atoms with van der Waals surface area (Å²) in [6.45, 7) is 4.76. The smallest absolute Gasteiger partial charge is 0.256 e. The molecule has 1 aliphatic heterocycles. The van der Waals surface area contributed by atoms with E-state index in [9.17, 15) is 13.2 Å². The fourth-order valence-corrected chi connectivity index (χ4v) is 3.97. The third-order valence-corrected chi connectivity index (χ3v) is 5.55. The molecule has 0 unspecified atom stereocenters. The van der Waals surface area contributed by atoms with Crippen LogP contribution in [0.5, 0.6) is 0 Å². The molecule has 1 aromatic heterocycles. The maximum atomic E-state index is 13.2. The number of pyridine rings is 1. The first-order valence-corrected chi connectivity index (χ1v) is 10.8. The van der Waals surface area contributed by atoms with E-state index in [0.29, 0.717) is 17.8 Å². The van der Waals surface area contributed by atoms with Gasteiger partial charge in [0.2, 0.25) is 10.0 Å². The molecule has 0 spiro atoms. The Morgan fingerprint density at radius 3 is 2.77 bits per heavy atom. The summed E-state index contributed by atoms with van der Waals surface area (Å²) in [6.07, 6.45) is 3.86. The van der Waals surface area contributed by atoms with Gasteiger partial charge in [-0.15, -0.1) is 0 Å². The van der Waals surface area contributed by atoms with Crippen LogP contribution in [0.1, 0.15) is 40.9 Å². The molecule has 1 amide bonds. The van der Waals surface area contributed by atoms with Crippen molar-refractivity contribution in [3.05, 3.63) is 41.1 Å². The molecule has 1 atom stereocenters. The van der Waals surface area contributed by atoms with Crippen molar-refractivity contribution in [2.75, 3.05) is 19.3 Å². The van der Waals surface area contributed by atoms with Crippen molar-refractivity contribution in [2.45, 2.75) is 39.2 Å². The van der Waals surface area contributed by atoms with Gasteiger partial charge in [0.25, 0.3) is 5.91 Å². The molecule has 0 radical (unpaired) electrons. The Morgan fingerprint density at radius 1 is 1.27 bits per heavy atom. The summed E-state index contributed by atoms with van der Waals surface area (Å²) >= 11 is 0. The molecule has 3 rings (SSSR count). The van der Waals surface area contributed by atoms with Crippen molar-refractivity contribution in [3.8, 4) is 0 Å². The topological polar surface area (TPSA) is 79.4 Å². The highest BCUT2D eigenvalue weighted by Gasteiger charge is 2.29. The van der Waals surface area contributed by atoms with Gasteiger partial charge in [-0.2, -0.15) is 0 Å². The minimum absolute atomic E-state index is 0.0718. The molecule has 0 bridgehead atoms. The maximum absolute atomic E-state index is 13.2. The van der Waals surface area contributed by atoms with Gasteiger partial charge in [-0.3, -0.25) is 9.78 Å². The highest BCUT2D eigenvalue weighted by atomic mass is 32.2. The van der Waals surface area contributed by atoms with Crippen LogP contribution in [0, 0.1) is 13.8 Å². The Morgan fingerprint density at radius 2 is 2.04 bits per heavy atom. The number of amides is 1. The molecule has 7 heteroatoms. The van der Waals surface area contributed by atoms with E-state index in [4.69, 9.17) is 0 Å². The number of carbonyl (C=O) groups excluding carboxylic acids is 1. The Balaban J connectivity index is 1.89. The zero-order chi connectivity index (χ0) is 18.9. The number of nitrogens with zero attached hydrogens (tertiary/aromatic N) is 2. The lowest BCUT2D eigenvalue weighted by Gasteiger charge is -2.36. The van der Waals surface area contributed by atoms with E-state index < -0.39 is 10.0 Å². The molecule has 1 fully saturated rings. The number of carbonyl (C=O) groups is 1. The Hall–Kier alpha value is -1.99. The van der Waals surface area contributed by atoms with Crippen LogP contribution in [0.3, 0.4) is 0 Å². The standard InChI is InChI=1S/C19H25N3O3S/c1-13-7-8-15-11-17(14(2)21-18(15)10-13)19(23)22-9-5-4-6-16(22)12-20-26(3,24)25/h7-8,10-11,16,20H,4-6,9,12H2,1-3H3/t16-/m1/s1. The van der Waals surface area contributed by atoms with Crippen LogP contribution in [0.2, 0.25) is 0 Å². The molecule has 140 valence electrons. The van der Waals surface area contributed by atoms with Gasteiger partial charge >= 0.3 is 0 Å². The maximum Gasteiger partial charge on any atom is 0.256 e. The van der Waals surface area contributed by atoms with E-state index in [0.717, 1.165) is 42.0 Å². The van der Waals surface area contributed by atoms with Gasteiger partial charge in [-0.25, -0.2) is 13.1 Å². The molecule has 1 saturated heterocycles. The third-order valence-electron chi connectivity index (χ3n) is 4.86. The molecule has 2 heterocycles. The second-order valence-electron chi connectivity index (χ2n) is 7.09. The van der Waals surface area contributed by atoms with E-state index in [1.165, 1.54) is 0 Å². The molecule has 6 nitrogen and oxygen atoms in total. The second kappa shape index (κ2) is 7.32. The SMILES string of the molecule is Cc1ccc2cc(C(=O)N3CCCC[C@@H]3CNS(C)(=O)=O)c(C)nc2c1. The van der Waals surface area contributed by atoms with Crippen LogP contribution >= 0.6 is 0 Å². The van der Waals surface area contributed by atoms with Gasteiger partial charge in [-0.05, 0) is 50.8 Å². The van der Waals surface area contributed by atoms with E-state index >= 15 is 0 Å². The van der Waals surface area contributed by atoms with Gasteiger partial charge < -0.3 is 4.90 Å². The van der Waals surface area contributed by atoms with E-state index in [2.05, 4.69) is 9.71 Å². The van der Waals surface area contributed by atoms with Crippen molar-refractivity contribution < 1.29 is 13.2 Å². The van der Waals surface area contributed by atoms with Gasteiger partial charge in [0.05, 0.1) is 23.0 Å². The molecule has 1 N–H and O–H groups in total. The Kier molecular flexibility index (Phi) is 5.29. The van der Waals surface area contributed by atoms with Crippen molar-refractivity contribution in [3.63, 3.8) is 0 Å². The molecule has 2 aromatic rings. The minimum atomic E-state index is -3.28. The number of aromatic nitrogens is 1. The molecule has 26 heavy (non-hydrogen) atoms. The summed E-state index contributed by atoms with van der Waals surface area (Å²) in [6, 6.07) is 7.77. The van der Waals surface area contributed by atoms with E-state index in [1.807, 2.05) is 38.1 Å². The summed E-state index contributed by atoms with van der Waals surface area (Å²) in [4.78, 5) is 19.6. The first-order chi connectivity index (χ1) is 12.2. The largest absolute Gasteiger partial charge is 0.334 e. The quantitative estimate of drug-likeness (QED) is 0.890. The fraction of sp³-hybridized carbons (Fsp3) is 0.474. The van der Waals surface area contributed by atoms with Crippen LogP contribution < -0.4 is 4.72 Å². The molecule has 1 aliphatic rings. The van der Waals surface area contributed by atoms with Crippen molar-refractivity contribution in [2.24, 2.45) is 0 Å². The third kappa shape index (κ3) is 4.22. The van der Waals surface area contributed by atoms with Crippen LogP contribution in [-0.2, 0) is 10.0 Å². The first-order valence-electron chi connectivity index (χ1n) is 8.88. The minimum Gasteiger partial charge on any atom is -0.334 e. The van der Waals surface area contributed by atoms with Crippen molar-refractivity contribution in [1.29, 1.82) is 0 Å². The predicted octanol–water partition coefficient (Wildman–Crippen LogP) is 2.40. The lowest BCUT2D eigenvalue weighted by atomic mass is 10.00. The number of nitrogens with one attached hydrogen (secondary N) is 1. The Labute approximate surface area is 154 Å². The molecular weight excluding hydrogens is 350 g/mol. The molecular formula is C19H25N3O3S. The van der Waals surface area contributed by atoms with Crippen LogP contribution in [-0.4, -0.2) is 49.6 Å². The first kappa shape index (κ1) is 18.8. The highest BCUT2D eigenvalue weighted by Crippen LogP contribution is 2.23. The number of rotatable bonds is 4. The lowest BCUT2D eigenvalue weighted by molar-refractivity contribution is 0.0617. The number of benzene rings is 1. The second-order valence-corrected chi connectivity index (χ2v) is 8.92. The average molecular weight is 375 g/mol. The van der Waals surface area contributed by atoms with E-state index in [-0.39, 0.29) is 18.5 Å². The highest BCUT2D eigenvalue weighted by molar-refractivity contribution is 7.88. The number of likely N-dealkylation sites (tertiary alicyclic amines) is 1. The van der Waals surface area contributed by atoms with Crippen LogP contribution in [0.4, 0.5) is 0 Å². The number of sulfonamides is 1. The number of aryl methyl sites for hydroxylation is 2. The summed E-state index contributed by atoms with van der Waals surface area (Å²) < 4.78 is 25.4. The van der Waals surface area contributed by atoms with Gasteiger partial charge in [-0.1, -0.05) is 12.1 Å². The Bertz CT molecular complexity index is 940. The van der Waals surface area contributed by atoms with Gasteiger partial charge in [0.1, 0.15) is 0 Å². The molecule has 0 saturated carbocycles. The van der Waals surface area contributed by atoms with Crippen LogP contribution in [0.15, 0.2) is 24.3 Å². The number of piperidine rings is 1. The zero-order valence-electron chi connectivity index (χ0n) is 15.4. The normalized spacial score (nSPS) is 18.3. The summed E-state index contributed by atoms with van der Waals surface area (Å²) in [5.41, 5.74) is 3.31. The predicted molar refractivity (Wildman–Crippen MR) is 103 cm³/mol. The number of hydrogen-bond donors (Lipinski definition) is 1. The summed E-state index contributed by atoms with van der Waals surface area (Å²) in [7, 11) is -3.28. The van der Waals surface area contributed by atoms with Crippen molar-refractivity contribution >= 4 is 26.8 Å².